The summed E-state index contributed by atoms with van der Waals surface area (Å²) in [5.74, 6) is 1.48. The Hall–Kier alpha value is -1.36. The summed E-state index contributed by atoms with van der Waals surface area (Å²) in [4.78, 5) is 11.5. The molecular formula is C15H26N4O. The molecule has 0 radical (unpaired) electrons. The van der Waals surface area contributed by atoms with Gasteiger partial charge in [0.05, 0.1) is 6.10 Å². The average molecular weight is 278 g/mol. The van der Waals surface area contributed by atoms with Crippen LogP contribution in [0.25, 0.3) is 0 Å². The number of nitrogens with zero attached hydrogens (tertiary/aromatic N) is 3. The largest absolute Gasteiger partial charge is 0.475 e. The maximum atomic E-state index is 5.72. The molecule has 0 bridgehead atoms. The van der Waals surface area contributed by atoms with E-state index < -0.39 is 0 Å². The fourth-order valence-electron chi connectivity index (χ4n) is 2.58. The van der Waals surface area contributed by atoms with Crippen LogP contribution in [0, 0.1) is 6.92 Å². The van der Waals surface area contributed by atoms with Crippen molar-refractivity contribution in [2.24, 2.45) is 0 Å². The number of anilines is 1. The molecule has 2 rings (SSSR count). The van der Waals surface area contributed by atoms with Crippen LogP contribution < -0.4 is 15.0 Å². The zero-order valence-corrected chi connectivity index (χ0v) is 13.0. The first kappa shape index (κ1) is 15.0. The predicted molar refractivity (Wildman–Crippen MR) is 81.4 cm³/mol. The summed E-state index contributed by atoms with van der Waals surface area (Å²) < 4.78 is 5.72. The van der Waals surface area contributed by atoms with Crippen LogP contribution in [0.3, 0.4) is 0 Å². The van der Waals surface area contributed by atoms with Crippen LogP contribution in [0.15, 0.2) is 6.07 Å². The van der Waals surface area contributed by atoms with Gasteiger partial charge in [0.15, 0.2) is 0 Å². The number of rotatable bonds is 6. The number of hydrogen-bond acceptors (Lipinski definition) is 5. The maximum Gasteiger partial charge on any atom is 0.229 e. The van der Waals surface area contributed by atoms with Crippen LogP contribution >= 0.6 is 0 Å². The van der Waals surface area contributed by atoms with Crippen molar-refractivity contribution in [3.63, 3.8) is 0 Å². The lowest BCUT2D eigenvalue weighted by Crippen LogP contribution is -2.39. The van der Waals surface area contributed by atoms with Crippen molar-refractivity contribution in [1.29, 1.82) is 0 Å². The summed E-state index contributed by atoms with van der Waals surface area (Å²) in [6, 6.07) is 2.39. The Bertz CT molecular complexity index is 436. The Kier molecular flexibility index (Phi) is 5.17. The van der Waals surface area contributed by atoms with Crippen LogP contribution in [-0.2, 0) is 0 Å². The zero-order chi connectivity index (χ0) is 14.5. The minimum atomic E-state index is 0.133. The second-order valence-corrected chi connectivity index (χ2v) is 5.61. The summed E-state index contributed by atoms with van der Waals surface area (Å²) in [7, 11) is 0. The van der Waals surface area contributed by atoms with Crippen LogP contribution in [0.1, 0.15) is 39.3 Å². The molecule has 0 amide bonds. The highest BCUT2D eigenvalue weighted by atomic mass is 16.5. The molecule has 1 saturated heterocycles. The Morgan fingerprint density at radius 3 is 2.95 bits per heavy atom. The third-order valence-electron chi connectivity index (χ3n) is 3.44. The van der Waals surface area contributed by atoms with Gasteiger partial charge in [0.2, 0.25) is 11.8 Å². The normalized spacial score (nSPS) is 18.9. The molecule has 112 valence electrons. The molecule has 0 aromatic carbocycles. The number of nitrogens with one attached hydrogen (secondary N) is 1. The Morgan fingerprint density at radius 1 is 1.45 bits per heavy atom. The van der Waals surface area contributed by atoms with E-state index in [1.807, 2.05) is 26.8 Å². The summed E-state index contributed by atoms with van der Waals surface area (Å²) in [6.45, 7) is 11.2. The van der Waals surface area contributed by atoms with Crippen LogP contribution in [0.2, 0.25) is 0 Å². The molecule has 5 heteroatoms. The second-order valence-electron chi connectivity index (χ2n) is 5.61. The van der Waals surface area contributed by atoms with E-state index >= 15 is 0 Å². The van der Waals surface area contributed by atoms with E-state index in [2.05, 4.69) is 27.1 Å². The van der Waals surface area contributed by atoms with E-state index in [0.29, 0.717) is 11.9 Å². The van der Waals surface area contributed by atoms with Crippen molar-refractivity contribution < 1.29 is 4.74 Å². The third-order valence-corrected chi connectivity index (χ3v) is 3.44. The molecule has 0 aliphatic carbocycles. The topological polar surface area (TPSA) is 50.3 Å². The van der Waals surface area contributed by atoms with Crippen LogP contribution in [-0.4, -0.2) is 41.7 Å². The Morgan fingerprint density at radius 2 is 2.25 bits per heavy atom. The molecule has 1 aromatic rings. The van der Waals surface area contributed by atoms with Crippen LogP contribution in [0.4, 0.5) is 5.95 Å². The highest BCUT2D eigenvalue weighted by Gasteiger charge is 2.26. The standard InChI is InChI=1S/C15H26N4O/c1-5-16-10-13-7-6-8-19(13)15-17-12(4)9-14(18-15)20-11(2)3/h9,11,13,16H,5-8,10H2,1-4H3. The summed E-state index contributed by atoms with van der Waals surface area (Å²) in [5.41, 5.74) is 0.958. The lowest BCUT2D eigenvalue weighted by Gasteiger charge is -2.25. The van der Waals surface area contributed by atoms with Gasteiger partial charge < -0.3 is 15.0 Å². The Balaban J connectivity index is 2.16. The first-order valence-electron chi connectivity index (χ1n) is 7.60. The van der Waals surface area contributed by atoms with E-state index in [4.69, 9.17) is 4.74 Å². The number of hydrogen-bond donors (Lipinski definition) is 1. The van der Waals surface area contributed by atoms with Crippen molar-refractivity contribution in [1.82, 2.24) is 15.3 Å². The molecule has 1 aliphatic rings. The van der Waals surface area contributed by atoms with Gasteiger partial charge in [-0.05, 0) is 40.2 Å². The van der Waals surface area contributed by atoms with E-state index in [1.165, 1.54) is 12.8 Å². The highest BCUT2D eigenvalue weighted by molar-refractivity contribution is 5.37. The van der Waals surface area contributed by atoms with Crippen molar-refractivity contribution in [3.8, 4) is 5.88 Å². The van der Waals surface area contributed by atoms with Gasteiger partial charge in [0, 0.05) is 30.9 Å². The van der Waals surface area contributed by atoms with E-state index in [-0.39, 0.29) is 6.10 Å². The average Bonchev–Trinajstić information content (AvgIpc) is 2.83. The molecule has 1 atom stereocenters. The smallest absolute Gasteiger partial charge is 0.229 e. The minimum absolute atomic E-state index is 0.133. The maximum absolute atomic E-state index is 5.72. The van der Waals surface area contributed by atoms with Crippen molar-refractivity contribution in [2.45, 2.75) is 52.7 Å². The minimum Gasteiger partial charge on any atom is -0.475 e. The molecule has 1 unspecified atom stereocenters. The highest BCUT2D eigenvalue weighted by Crippen LogP contribution is 2.24. The van der Waals surface area contributed by atoms with Gasteiger partial charge in [0.25, 0.3) is 0 Å². The lowest BCUT2D eigenvalue weighted by atomic mass is 10.2. The molecular weight excluding hydrogens is 252 g/mol. The van der Waals surface area contributed by atoms with Crippen molar-refractivity contribution in [3.05, 3.63) is 11.8 Å². The van der Waals surface area contributed by atoms with Crippen molar-refractivity contribution >= 4 is 5.95 Å². The molecule has 0 saturated carbocycles. The SMILES string of the molecule is CCNCC1CCCN1c1nc(C)cc(OC(C)C)n1. The van der Waals surface area contributed by atoms with Gasteiger partial charge in [-0.25, -0.2) is 4.98 Å². The molecule has 1 fully saturated rings. The van der Waals surface area contributed by atoms with Gasteiger partial charge >= 0.3 is 0 Å². The quantitative estimate of drug-likeness (QED) is 0.864. The number of ether oxygens (including phenoxy) is 1. The van der Waals surface area contributed by atoms with Gasteiger partial charge in [-0.3, -0.25) is 0 Å². The van der Waals surface area contributed by atoms with Crippen LogP contribution in [0.5, 0.6) is 5.88 Å². The Labute approximate surface area is 121 Å². The van der Waals surface area contributed by atoms with E-state index in [9.17, 15) is 0 Å². The first-order chi connectivity index (χ1) is 9.60. The van der Waals surface area contributed by atoms with E-state index in [1.54, 1.807) is 0 Å². The fourth-order valence-corrected chi connectivity index (χ4v) is 2.58. The molecule has 1 N–H and O–H groups in total. The third kappa shape index (κ3) is 3.82. The van der Waals surface area contributed by atoms with E-state index in [0.717, 1.165) is 31.3 Å². The first-order valence-corrected chi connectivity index (χ1v) is 7.60. The molecule has 20 heavy (non-hydrogen) atoms. The number of aromatic nitrogens is 2. The van der Waals surface area contributed by atoms with Gasteiger partial charge in [-0.15, -0.1) is 0 Å². The number of aryl methyl sites for hydroxylation is 1. The zero-order valence-electron chi connectivity index (χ0n) is 13.0. The molecule has 1 aromatic heterocycles. The molecule has 5 nitrogen and oxygen atoms in total. The summed E-state index contributed by atoms with van der Waals surface area (Å²) in [5, 5.41) is 3.42. The number of likely N-dealkylation sites (N-methyl/N-ethyl adjacent to an activating group) is 1. The molecule has 0 spiro atoms. The second kappa shape index (κ2) is 6.88. The van der Waals surface area contributed by atoms with Gasteiger partial charge in [0.1, 0.15) is 0 Å². The monoisotopic (exact) mass is 278 g/mol. The van der Waals surface area contributed by atoms with Gasteiger partial charge in [-0.2, -0.15) is 4.98 Å². The lowest BCUT2D eigenvalue weighted by molar-refractivity contribution is 0.232. The molecule has 2 heterocycles. The molecule has 1 aliphatic heterocycles. The predicted octanol–water partition coefficient (Wildman–Crippen LogP) is 2.15. The summed E-state index contributed by atoms with van der Waals surface area (Å²) in [6.07, 6.45) is 2.53. The van der Waals surface area contributed by atoms with Gasteiger partial charge in [-0.1, -0.05) is 6.92 Å². The van der Waals surface area contributed by atoms with Crippen molar-refractivity contribution in [2.75, 3.05) is 24.5 Å². The summed E-state index contributed by atoms with van der Waals surface area (Å²) >= 11 is 0. The fraction of sp³-hybridized carbons (Fsp3) is 0.733.